The summed E-state index contributed by atoms with van der Waals surface area (Å²) in [5.74, 6) is -2.67. The predicted octanol–water partition coefficient (Wildman–Crippen LogP) is 2.94. The smallest absolute Gasteiger partial charge is 0.311 e. The maximum atomic E-state index is 13.7. The zero-order chi connectivity index (χ0) is 36.4. The molecule has 0 spiro atoms. The number of likely N-dealkylation sites (N-methyl/N-ethyl adjacent to an activating group) is 1. The molecule has 0 radical (unpaired) electrons. The van der Waals surface area contributed by atoms with Gasteiger partial charge in [0, 0.05) is 18.5 Å². The zero-order valence-corrected chi connectivity index (χ0v) is 31.0. The lowest BCUT2D eigenvalue weighted by atomic mass is 9.78. The summed E-state index contributed by atoms with van der Waals surface area (Å²) in [7, 11) is 3.77. The molecule has 3 fully saturated rings. The van der Waals surface area contributed by atoms with Crippen LogP contribution in [0.5, 0.6) is 0 Å². The summed E-state index contributed by atoms with van der Waals surface area (Å²) < 4.78 is 25.0. The van der Waals surface area contributed by atoms with E-state index in [1.165, 1.54) is 0 Å². The van der Waals surface area contributed by atoms with Crippen molar-refractivity contribution < 1.29 is 44.2 Å². The van der Waals surface area contributed by atoms with Gasteiger partial charge in [0.2, 0.25) is 0 Å². The third kappa shape index (κ3) is 8.77. The highest BCUT2D eigenvalue weighted by molar-refractivity contribution is 5.77. The number of benzene rings is 1. The number of carbonyl (C=O) groups excluding carboxylic acids is 1. The lowest BCUT2D eigenvalue weighted by Gasteiger charge is -2.46. The van der Waals surface area contributed by atoms with Crippen molar-refractivity contribution in [2.24, 2.45) is 22.7 Å². The van der Waals surface area contributed by atoms with E-state index in [-0.39, 0.29) is 30.5 Å². The Morgan fingerprint density at radius 2 is 1.67 bits per heavy atom. The first-order valence-corrected chi connectivity index (χ1v) is 17.9. The highest BCUT2D eigenvalue weighted by Crippen LogP contribution is 2.38. The summed E-state index contributed by atoms with van der Waals surface area (Å²) in [6, 6.07) is 9.57. The summed E-state index contributed by atoms with van der Waals surface area (Å²) in [4.78, 5) is 22.4. The number of rotatable bonds is 6. The van der Waals surface area contributed by atoms with E-state index in [0.29, 0.717) is 32.0 Å². The fourth-order valence-electron chi connectivity index (χ4n) is 8.02. The second-order valence-corrected chi connectivity index (χ2v) is 15.5. The van der Waals surface area contributed by atoms with Crippen molar-refractivity contribution in [3.63, 3.8) is 0 Å². The number of aliphatic hydroxyl groups is 4. The molecular formula is C37H61N3O9. The molecule has 3 heterocycles. The number of fused-ring (bicyclic) bond motifs is 2. The Hall–Kier alpha value is -2.32. The van der Waals surface area contributed by atoms with Crippen LogP contribution in [0.1, 0.15) is 80.2 Å². The predicted molar refractivity (Wildman–Crippen MR) is 185 cm³/mol. The average molecular weight is 692 g/mol. The molecule has 49 heavy (non-hydrogen) atoms. The van der Waals surface area contributed by atoms with Crippen LogP contribution >= 0.6 is 0 Å². The Labute approximate surface area is 292 Å². The Bertz CT molecular complexity index is 1260. The number of nitrogens with zero attached hydrogens (tertiary/aromatic N) is 3. The molecule has 12 nitrogen and oxygen atoms in total. The van der Waals surface area contributed by atoms with Gasteiger partial charge in [-0.15, -0.1) is 0 Å². The van der Waals surface area contributed by atoms with Gasteiger partial charge in [-0.2, -0.15) is 0 Å². The van der Waals surface area contributed by atoms with Crippen molar-refractivity contribution in [1.82, 2.24) is 9.80 Å². The van der Waals surface area contributed by atoms with Crippen molar-refractivity contribution >= 4 is 12.0 Å². The first-order chi connectivity index (χ1) is 22.9. The number of ether oxygens (including phenoxy) is 4. The van der Waals surface area contributed by atoms with Gasteiger partial charge in [0.15, 0.2) is 12.4 Å². The monoisotopic (exact) mass is 691 g/mol. The van der Waals surface area contributed by atoms with Crippen LogP contribution < -0.4 is 0 Å². The molecule has 0 aliphatic carbocycles. The van der Waals surface area contributed by atoms with E-state index in [1.807, 2.05) is 81.9 Å². The lowest BCUT2D eigenvalue weighted by molar-refractivity contribution is -0.299. The Kier molecular flexibility index (Phi) is 12.8. The fourth-order valence-corrected chi connectivity index (χ4v) is 8.02. The number of aliphatic hydroxyl groups excluding tert-OH is 2. The quantitative estimate of drug-likeness (QED) is 0.326. The fraction of sp³-hybridized carbons (Fsp3) is 0.784. The van der Waals surface area contributed by atoms with Crippen LogP contribution in [-0.2, 0) is 30.3 Å². The molecule has 3 saturated heterocycles. The number of esters is 1. The van der Waals surface area contributed by atoms with E-state index in [4.69, 9.17) is 23.9 Å². The van der Waals surface area contributed by atoms with Crippen molar-refractivity contribution in [1.29, 1.82) is 0 Å². The third-order valence-corrected chi connectivity index (χ3v) is 10.8. The molecular weight excluding hydrogens is 630 g/mol. The van der Waals surface area contributed by atoms with Gasteiger partial charge in [0.05, 0.1) is 42.4 Å². The van der Waals surface area contributed by atoms with E-state index >= 15 is 0 Å². The molecule has 12 heteroatoms. The second-order valence-electron chi connectivity index (χ2n) is 15.5. The molecule has 0 aromatic heterocycles. The van der Waals surface area contributed by atoms with Crippen molar-refractivity contribution in [3.05, 3.63) is 35.9 Å². The number of amidine groups is 1. The summed E-state index contributed by atoms with van der Waals surface area (Å²) >= 11 is 0. The van der Waals surface area contributed by atoms with Crippen LogP contribution in [0.4, 0.5) is 0 Å². The summed E-state index contributed by atoms with van der Waals surface area (Å²) in [6.07, 6.45) is -5.25. The largest absolute Gasteiger partial charge is 0.459 e. The summed E-state index contributed by atoms with van der Waals surface area (Å²) in [5, 5.41) is 47.3. The highest BCUT2D eigenvalue weighted by atomic mass is 16.7. The first kappa shape index (κ1) is 39.5. The topological polar surface area (TPSA) is 154 Å². The minimum atomic E-state index is -1.60. The second kappa shape index (κ2) is 15.9. The minimum absolute atomic E-state index is 0.157. The van der Waals surface area contributed by atoms with Gasteiger partial charge in [-0.05, 0) is 79.5 Å². The van der Waals surface area contributed by atoms with E-state index in [9.17, 15) is 25.2 Å². The third-order valence-electron chi connectivity index (χ3n) is 10.8. The molecule has 4 N–H and O–H groups in total. The van der Waals surface area contributed by atoms with Crippen LogP contribution in [-0.4, -0.2) is 129 Å². The summed E-state index contributed by atoms with van der Waals surface area (Å²) in [6.45, 7) is 15.1. The zero-order valence-electron chi connectivity index (χ0n) is 31.0. The van der Waals surface area contributed by atoms with Crippen molar-refractivity contribution in [2.45, 2.75) is 147 Å². The van der Waals surface area contributed by atoms with Crippen LogP contribution in [0, 0.1) is 17.8 Å². The summed E-state index contributed by atoms with van der Waals surface area (Å²) in [5.41, 5.74) is -2.14. The Morgan fingerprint density at radius 1 is 1.02 bits per heavy atom. The van der Waals surface area contributed by atoms with Gasteiger partial charge >= 0.3 is 5.97 Å². The highest BCUT2D eigenvalue weighted by Gasteiger charge is 2.54. The van der Waals surface area contributed by atoms with Gasteiger partial charge in [0.25, 0.3) is 6.02 Å². The van der Waals surface area contributed by atoms with E-state index < -0.39 is 65.8 Å². The average Bonchev–Trinajstić information content (AvgIpc) is 3.35. The van der Waals surface area contributed by atoms with Gasteiger partial charge in [-0.25, -0.2) is 4.99 Å². The number of cyclic esters (lactones) is 1. The normalized spacial score (nSPS) is 43.5. The minimum Gasteiger partial charge on any atom is -0.459 e. The Morgan fingerprint density at radius 3 is 2.29 bits per heavy atom. The van der Waals surface area contributed by atoms with Crippen molar-refractivity contribution in [3.8, 4) is 0 Å². The molecule has 4 rings (SSSR count). The van der Waals surface area contributed by atoms with Crippen LogP contribution in [0.3, 0.4) is 0 Å². The molecule has 0 amide bonds. The number of aliphatic imine (C=N–C) groups is 1. The SMILES string of the molecule is CC[C@H]1OC(=O)[C@H](C)[C@@H](O)[C@H](C)[C@@H](O[C@@H]2O[C@H](C)C[C@H](N(C)C)[C@H]2O)[C@](C)(O)C[C@@H](C)CN2C(=NCc3ccccc3)O[C@H]([C@H]2C)[C@]1(C)O. The van der Waals surface area contributed by atoms with Crippen LogP contribution in [0.2, 0.25) is 0 Å². The first-order valence-electron chi connectivity index (χ1n) is 17.9. The van der Waals surface area contributed by atoms with Crippen LogP contribution in [0.25, 0.3) is 0 Å². The molecule has 3 aliphatic heterocycles. The van der Waals surface area contributed by atoms with Gasteiger partial charge in [-0.1, -0.05) is 51.1 Å². The molecule has 0 saturated carbocycles. The van der Waals surface area contributed by atoms with E-state index in [2.05, 4.69) is 0 Å². The maximum absolute atomic E-state index is 13.7. The molecule has 14 atom stereocenters. The molecule has 3 aliphatic rings. The van der Waals surface area contributed by atoms with E-state index in [1.54, 1.807) is 27.7 Å². The standard InChI is InChI=1S/C37H61N3O9/c1-11-28-37(8,45)32-25(6)40(35(49-32)38-19-26-15-13-12-14-16-26)20-21(2)18-36(7,44)31(23(4)29(41)24(5)33(43)47-28)48-34-30(42)27(39(9)10)17-22(3)46-34/h12-16,21-25,27-32,34,41-42,44-45H,11,17-20H2,1-10H3/t21-,22-,23+,24-,25-,27+,28-,29+,30-,31-,32-,34+,36-,37-/m1/s1. The molecule has 2 bridgehead atoms. The Balaban J connectivity index is 1.74. The van der Waals surface area contributed by atoms with Gasteiger partial charge < -0.3 is 49.2 Å². The maximum Gasteiger partial charge on any atom is 0.311 e. The molecule has 1 aromatic rings. The molecule has 0 unspecified atom stereocenters. The van der Waals surface area contributed by atoms with Crippen LogP contribution in [0.15, 0.2) is 35.3 Å². The van der Waals surface area contributed by atoms with Gasteiger partial charge in [-0.3, -0.25) is 4.79 Å². The molecule has 1 aromatic carbocycles. The van der Waals surface area contributed by atoms with E-state index in [0.717, 1.165) is 5.56 Å². The number of hydrogen-bond donors (Lipinski definition) is 4. The number of hydrogen-bond acceptors (Lipinski definition) is 11. The molecule has 278 valence electrons. The lowest BCUT2D eigenvalue weighted by Crippen LogP contribution is -2.59. The number of carbonyl (C=O) groups is 1. The van der Waals surface area contributed by atoms with Gasteiger partial charge in [0.1, 0.15) is 17.8 Å². The van der Waals surface area contributed by atoms with Crippen molar-refractivity contribution in [2.75, 3.05) is 20.6 Å².